The van der Waals surface area contributed by atoms with Crippen molar-refractivity contribution in [1.82, 2.24) is 0 Å². The summed E-state index contributed by atoms with van der Waals surface area (Å²) in [6.45, 7) is 2.67. The van der Waals surface area contributed by atoms with Gasteiger partial charge in [0.25, 0.3) is 0 Å². The van der Waals surface area contributed by atoms with Crippen LogP contribution in [0.4, 0.5) is 4.39 Å². The molecule has 2 aromatic carbocycles. The molecule has 29 heavy (non-hydrogen) atoms. The number of benzene rings is 2. The number of allylic oxidation sites excluding steroid dienone is 1. The Bertz CT molecular complexity index is 932. The van der Waals surface area contributed by atoms with Gasteiger partial charge < -0.3 is 9.47 Å². The summed E-state index contributed by atoms with van der Waals surface area (Å²) in [5, 5.41) is 0.145. The molecule has 1 saturated heterocycles. The topological polar surface area (TPSA) is 38.8 Å². The van der Waals surface area contributed by atoms with Gasteiger partial charge in [0.2, 0.25) is 0 Å². The number of halogens is 2. The zero-order valence-electron chi connectivity index (χ0n) is 16.4. The van der Waals surface area contributed by atoms with Crippen LogP contribution in [0, 0.1) is 5.82 Å². The number of hydrogen-bond donors (Lipinski definition) is 0. The number of ether oxygens (including phenoxy) is 2. The molecule has 1 aliphatic heterocycles. The Morgan fingerprint density at radius 1 is 1.24 bits per heavy atom. The lowest BCUT2D eigenvalue weighted by Crippen LogP contribution is -2.20. The molecule has 0 N–H and O–H groups in total. The maximum atomic E-state index is 14.5. The van der Waals surface area contributed by atoms with E-state index in [9.17, 15) is 9.18 Å². The second kappa shape index (κ2) is 8.68. The van der Waals surface area contributed by atoms with Gasteiger partial charge in [-0.3, -0.25) is 0 Å². The van der Waals surface area contributed by atoms with Gasteiger partial charge in [-0.1, -0.05) is 55.3 Å². The second-order valence-corrected chi connectivity index (χ2v) is 8.01. The Hall–Kier alpha value is -2.17. The number of epoxide rings is 1. The molecule has 2 aliphatic rings. The molecule has 0 saturated carbocycles. The van der Waals surface area contributed by atoms with E-state index in [0.717, 1.165) is 18.4 Å². The minimum absolute atomic E-state index is 0.145. The molecule has 0 bridgehead atoms. The van der Waals surface area contributed by atoms with Gasteiger partial charge >= 0.3 is 5.97 Å². The summed E-state index contributed by atoms with van der Waals surface area (Å²) in [7, 11) is 0. The number of carbonyl (C=O) groups is 1. The number of esters is 1. The molecule has 1 fully saturated rings. The van der Waals surface area contributed by atoms with Crippen LogP contribution in [0.2, 0.25) is 5.02 Å². The van der Waals surface area contributed by atoms with Gasteiger partial charge in [0.05, 0.1) is 17.2 Å². The SMILES string of the molecule is CCCc1ccc(C(=O)OC2CC=C(c3ccc(C4CO4)c(F)c3Cl)CC2)cc1. The molecular formula is C24H24ClFO3. The lowest BCUT2D eigenvalue weighted by atomic mass is 9.91. The van der Waals surface area contributed by atoms with Crippen molar-refractivity contribution in [3.63, 3.8) is 0 Å². The van der Waals surface area contributed by atoms with Crippen molar-refractivity contribution in [3.05, 3.63) is 75.6 Å². The Labute approximate surface area is 175 Å². The molecule has 152 valence electrons. The van der Waals surface area contributed by atoms with Crippen LogP contribution < -0.4 is 0 Å². The Kier molecular flexibility index (Phi) is 6.02. The average molecular weight is 415 g/mol. The van der Waals surface area contributed by atoms with E-state index in [1.165, 1.54) is 5.56 Å². The van der Waals surface area contributed by atoms with Crippen LogP contribution >= 0.6 is 11.6 Å². The van der Waals surface area contributed by atoms with Crippen LogP contribution in [0.15, 0.2) is 42.5 Å². The first-order chi connectivity index (χ1) is 14.1. The van der Waals surface area contributed by atoms with Crippen molar-refractivity contribution < 1.29 is 18.7 Å². The highest BCUT2D eigenvalue weighted by Gasteiger charge is 2.30. The van der Waals surface area contributed by atoms with Crippen molar-refractivity contribution in [3.8, 4) is 0 Å². The molecule has 5 heteroatoms. The fourth-order valence-electron chi connectivity index (χ4n) is 3.77. The van der Waals surface area contributed by atoms with Gasteiger partial charge in [0, 0.05) is 12.0 Å². The van der Waals surface area contributed by atoms with Gasteiger partial charge in [0.1, 0.15) is 18.0 Å². The van der Waals surface area contributed by atoms with Gasteiger partial charge in [0.15, 0.2) is 0 Å². The van der Waals surface area contributed by atoms with Crippen molar-refractivity contribution >= 4 is 23.1 Å². The summed E-state index contributed by atoms with van der Waals surface area (Å²) < 4.78 is 25.3. The third kappa shape index (κ3) is 4.54. The first-order valence-electron chi connectivity index (χ1n) is 10.2. The van der Waals surface area contributed by atoms with E-state index >= 15 is 0 Å². The van der Waals surface area contributed by atoms with Gasteiger partial charge in [-0.2, -0.15) is 0 Å². The van der Waals surface area contributed by atoms with E-state index in [1.807, 2.05) is 36.4 Å². The zero-order chi connectivity index (χ0) is 20.4. The van der Waals surface area contributed by atoms with Crippen LogP contribution in [-0.2, 0) is 15.9 Å². The normalized spacial score (nSPS) is 20.9. The predicted molar refractivity (Wildman–Crippen MR) is 112 cm³/mol. The van der Waals surface area contributed by atoms with Gasteiger partial charge in [-0.05, 0) is 48.1 Å². The summed E-state index contributed by atoms with van der Waals surface area (Å²) in [6, 6.07) is 11.2. The van der Waals surface area contributed by atoms with Crippen LogP contribution in [-0.4, -0.2) is 18.7 Å². The van der Waals surface area contributed by atoms with E-state index < -0.39 is 5.82 Å². The molecule has 4 rings (SSSR count). The molecule has 1 aliphatic carbocycles. The van der Waals surface area contributed by atoms with Gasteiger partial charge in [-0.25, -0.2) is 9.18 Å². The minimum atomic E-state index is -0.396. The molecule has 2 unspecified atom stereocenters. The van der Waals surface area contributed by atoms with Crippen LogP contribution in [0.25, 0.3) is 5.57 Å². The highest BCUT2D eigenvalue weighted by molar-refractivity contribution is 6.32. The molecule has 0 aromatic heterocycles. The van der Waals surface area contributed by atoms with Crippen LogP contribution in [0.1, 0.15) is 65.8 Å². The van der Waals surface area contributed by atoms with Crippen molar-refractivity contribution in [2.24, 2.45) is 0 Å². The van der Waals surface area contributed by atoms with E-state index in [0.29, 0.717) is 42.6 Å². The number of aryl methyl sites for hydroxylation is 1. The van der Waals surface area contributed by atoms with Crippen molar-refractivity contribution in [1.29, 1.82) is 0 Å². The van der Waals surface area contributed by atoms with Crippen LogP contribution in [0.5, 0.6) is 0 Å². The minimum Gasteiger partial charge on any atom is -0.458 e. The van der Waals surface area contributed by atoms with E-state index in [4.69, 9.17) is 21.1 Å². The molecule has 0 amide bonds. The van der Waals surface area contributed by atoms with E-state index in [1.54, 1.807) is 6.07 Å². The van der Waals surface area contributed by atoms with Crippen molar-refractivity contribution in [2.75, 3.05) is 6.61 Å². The average Bonchev–Trinajstić information content (AvgIpc) is 3.57. The Morgan fingerprint density at radius 2 is 2.00 bits per heavy atom. The largest absolute Gasteiger partial charge is 0.458 e. The zero-order valence-corrected chi connectivity index (χ0v) is 17.2. The number of hydrogen-bond acceptors (Lipinski definition) is 3. The summed E-state index contributed by atoms with van der Waals surface area (Å²) in [5.41, 5.74) is 4.02. The fourth-order valence-corrected chi connectivity index (χ4v) is 4.06. The fraction of sp³-hybridized carbons (Fsp3) is 0.375. The molecule has 2 aromatic rings. The highest BCUT2D eigenvalue weighted by Crippen LogP contribution is 2.39. The summed E-state index contributed by atoms with van der Waals surface area (Å²) in [5.74, 6) is -0.694. The number of carbonyl (C=O) groups excluding carboxylic acids is 1. The summed E-state index contributed by atoms with van der Waals surface area (Å²) in [6.07, 6.45) is 5.71. The molecule has 0 spiro atoms. The van der Waals surface area contributed by atoms with Crippen LogP contribution in [0.3, 0.4) is 0 Å². The predicted octanol–water partition coefficient (Wildman–Crippen LogP) is 6.30. The lowest BCUT2D eigenvalue weighted by Gasteiger charge is -2.23. The molecule has 1 heterocycles. The Morgan fingerprint density at radius 3 is 2.62 bits per heavy atom. The lowest BCUT2D eigenvalue weighted by molar-refractivity contribution is 0.0285. The van der Waals surface area contributed by atoms with Gasteiger partial charge in [-0.15, -0.1) is 0 Å². The smallest absolute Gasteiger partial charge is 0.338 e. The second-order valence-electron chi connectivity index (χ2n) is 7.63. The monoisotopic (exact) mass is 414 g/mol. The summed E-state index contributed by atoms with van der Waals surface area (Å²) in [4.78, 5) is 12.4. The third-order valence-electron chi connectivity index (χ3n) is 5.50. The Balaban J connectivity index is 1.39. The van der Waals surface area contributed by atoms with E-state index in [2.05, 4.69) is 6.92 Å². The number of rotatable bonds is 6. The van der Waals surface area contributed by atoms with Crippen molar-refractivity contribution in [2.45, 2.75) is 51.2 Å². The molecule has 2 atom stereocenters. The maximum Gasteiger partial charge on any atom is 0.338 e. The highest BCUT2D eigenvalue weighted by atomic mass is 35.5. The molecule has 0 radical (unpaired) electrons. The standard InChI is InChI=1S/C24H24ClFO3/c1-2-3-15-4-6-17(7-5-15)24(27)29-18-10-8-16(9-11-18)19-12-13-20(21-14-28-21)23(26)22(19)25/h4-8,12-13,18,21H,2-3,9-11,14H2,1H3. The summed E-state index contributed by atoms with van der Waals surface area (Å²) >= 11 is 6.28. The van der Waals surface area contributed by atoms with E-state index in [-0.39, 0.29) is 23.2 Å². The maximum absolute atomic E-state index is 14.5. The molecular weight excluding hydrogens is 391 g/mol. The first-order valence-corrected chi connectivity index (χ1v) is 10.5. The first kappa shape index (κ1) is 20.1. The quantitative estimate of drug-likeness (QED) is 0.411. The molecule has 3 nitrogen and oxygen atoms in total. The third-order valence-corrected chi connectivity index (χ3v) is 5.87.